The Labute approximate surface area is 119 Å². The maximum absolute atomic E-state index is 12.2. The van der Waals surface area contributed by atoms with E-state index in [0.717, 1.165) is 18.5 Å². The molecule has 0 aromatic heterocycles. The van der Waals surface area contributed by atoms with Crippen molar-refractivity contribution in [3.8, 4) is 0 Å². The second-order valence-electron chi connectivity index (χ2n) is 5.11. The fourth-order valence-electron chi connectivity index (χ4n) is 2.39. The van der Waals surface area contributed by atoms with Gasteiger partial charge in [-0.3, -0.25) is 4.79 Å². The molecule has 20 heavy (non-hydrogen) atoms. The number of nitrogens with one attached hydrogen (secondary N) is 2. The van der Waals surface area contributed by atoms with Gasteiger partial charge >= 0.3 is 0 Å². The van der Waals surface area contributed by atoms with Gasteiger partial charge in [-0.15, -0.1) is 0 Å². The average molecular weight is 296 g/mol. The summed E-state index contributed by atoms with van der Waals surface area (Å²) >= 11 is 0. The molecule has 2 N–H and O–H groups in total. The van der Waals surface area contributed by atoms with Crippen molar-refractivity contribution < 1.29 is 13.2 Å². The third-order valence-corrected chi connectivity index (χ3v) is 4.39. The van der Waals surface area contributed by atoms with Crippen LogP contribution in [0, 0.1) is 0 Å². The summed E-state index contributed by atoms with van der Waals surface area (Å²) in [5.41, 5.74) is 2.21. The first kappa shape index (κ1) is 15.0. The first-order valence-electron chi connectivity index (χ1n) is 6.74. The van der Waals surface area contributed by atoms with Crippen LogP contribution in [0.1, 0.15) is 23.6 Å². The lowest BCUT2D eigenvalue weighted by Crippen LogP contribution is -2.41. The third-order valence-electron chi connectivity index (χ3n) is 3.36. The molecule has 1 amide bonds. The van der Waals surface area contributed by atoms with Crippen LogP contribution in [0.5, 0.6) is 0 Å². The van der Waals surface area contributed by atoms with E-state index in [1.54, 1.807) is 0 Å². The van der Waals surface area contributed by atoms with Gasteiger partial charge in [0.1, 0.15) is 15.9 Å². The molecule has 1 aromatic carbocycles. The molecule has 1 heterocycles. The number of rotatable bonds is 5. The van der Waals surface area contributed by atoms with Crippen LogP contribution in [0.2, 0.25) is 0 Å². The topological polar surface area (TPSA) is 75.3 Å². The predicted octanol–water partition coefficient (Wildman–Crippen LogP) is 0.424. The number of sulfone groups is 1. The molecule has 0 radical (unpaired) electrons. The quantitative estimate of drug-likeness (QED) is 0.773. The van der Waals surface area contributed by atoms with Crippen LogP contribution in [-0.4, -0.2) is 39.4 Å². The van der Waals surface area contributed by atoms with E-state index in [9.17, 15) is 13.2 Å². The summed E-state index contributed by atoms with van der Waals surface area (Å²) in [4.78, 5) is 12.2. The number of carbonyl (C=O) groups is 1. The predicted molar refractivity (Wildman–Crippen MR) is 78.2 cm³/mol. The highest BCUT2D eigenvalue weighted by molar-refractivity contribution is 7.90. The number of hydrogen-bond acceptors (Lipinski definition) is 4. The van der Waals surface area contributed by atoms with Crippen molar-refractivity contribution in [1.29, 1.82) is 0 Å². The fourth-order valence-corrected chi connectivity index (χ4v) is 3.06. The van der Waals surface area contributed by atoms with E-state index in [0.29, 0.717) is 13.0 Å². The minimum atomic E-state index is -2.96. The summed E-state index contributed by atoms with van der Waals surface area (Å²) in [6, 6.07) is 7.57. The zero-order chi connectivity index (χ0) is 14.6. The lowest BCUT2D eigenvalue weighted by Gasteiger charge is -2.26. The molecule has 0 aliphatic carbocycles. The van der Waals surface area contributed by atoms with Crippen LogP contribution in [-0.2, 0) is 21.1 Å². The molecule has 6 heteroatoms. The first-order chi connectivity index (χ1) is 9.47. The second kappa shape index (κ2) is 6.37. The average Bonchev–Trinajstić information content (AvgIpc) is 2.41. The molecule has 0 fully saturated rings. The van der Waals surface area contributed by atoms with Crippen LogP contribution < -0.4 is 10.6 Å². The number of carbonyl (C=O) groups excluding carboxylic acids is 1. The summed E-state index contributed by atoms with van der Waals surface area (Å²) in [7, 11) is -2.96. The first-order valence-corrected chi connectivity index (χ1v) is 8.80. The Balaban J connectivity index is 1.91. The summed E-state index contributed by atoms with van der Waals surface area (Å²) in [6.45, 7) is 1.16. The molecule has 1 aliphatic heterocycles. The molecule has 1 atom stereocenters. The van der Waals surface area contributed by atoms with E-state index < -0.39 is 9.84 Å². The Morgan fingerprint density at radius 2 is 2.15 bits per heavy atom. The molecule has 2 rings (SSSR count). The van der Waals surface area contributed by atoms with Crippen molar-refractivity contribution >= 4 is 15.7 Å². The number of amides is 1. The van der Waals surface area contributed by atoms with Crippen LogP contribution in [0.25, 0.3) is 0 Å². The van der Waals surface area contributed by atoms with E-state index >= 15 is 0 Å². The fraction of sp³-hybridized carbons (Fsp3) is 0.500. The highest BCUT2D eigenvalue weighted by Gasteiger charge is 2.25. The van der Waals surface area contributed by atoms with Gasteiger partial charge in [0.15, 0.2) is 0 Å². The van der Waals surface area contributed by atoms with Crippen molar-refractivity contribution in [2.45, 2.75) is 18.9 Å². The van der Waals surface area contributed by atoms with Gasteiger partial charge in [0.05, 0.1) is 5.75 Å². The molecule has 1 unspecified atom stereocenters. The monoisotopic (exact) mass is 296 g/mol. The summed E-state index contributed by atoms with van der Waals surface area (Å²) < 4.78 is 22.0. The Morgan fingerprint density at radius 3 is 2.90 bits per heavy atom. The van der Waals surface area contributed by atoms with E-state index in [1.807, 2.05) is 24.3 Å². The highest BCUT2D eigenvalue weighted by atomic mass is 32.2. The molecular weight excluding hydrogens is 276 g/mol. The SMILES string of the molecule is CS(=O)(=O)CCCNC(=O)C1NCCc2ccccc21. The Morgan fingerprint density at radius 1 is 1.40 bits per heavy atom. The van der Waals surface area contributed by atoms with Gasteiger partial charge in [-0.2, -0.15) is 0 Å². The smallest absolute Gasteiger partial charge is 0.241 e. The molecule has 5 nitrogen and oxygen atoms in total. The van der Waals surface area contributed by atoms with Gasteiger partial charge in [0.2, 0.25) is 5.91 Å². The minimum Gasteiger partial charge on any atom is -0.354 e. The minimum absolute atomic E-state index is 0.0920. The van der Waals surface area contributed by atoms with Crippen LogP contribution >= 0.6 is 0 Å². The van der Waals surface area contributed by atoms with Gasteiger partial charge in [-0.1, -0.05) is 24.3 Å². The zero-order valence-corrected chi connectivity index (χ0v) is 12.4. The number of benzene rings is 1. The third kappa shape index (κ3) is 4.05. The van der Waals surface area contributed by atoms with E-state index in [4.69, 9.17) is 0 Å². The molecule has 0 saturated heterocycles. The normalized spacial score (nSPS) is 18.4. The van der Waals surface area contributed by atoms with Crippen LogP contribution in [0.3, 0.4) is 0 Å². The largest absolute Gasteiger partial charge is 0.354 e. The van der Waals surface area contributed by atoms with Crippen LogP contribution in [0.4, 0.5) is 0 Å². The van der Waals surface area contributed by atoms with Gasteiger partial charge in [0, 0.05) is 19.3 Å². The van der Waals surface area contributed by atoms with Crippen molar-refractivity contribution in [2.75, 3.05) is 25.1 Å². The van der Waals surface area contributed by atoms with Crippen molar-refractivity contribution in [3.05, 3.63) is 35.4 Å². The highest BCUT2D eigenvalue weighted by Crippen LogP contribution is 2.22. The second-order valence-corrected chi connectivity index (χ2v) is 7.37. The van der Waals surface area contributed by atoms with E-state index in [2.05, 4.69) is 10.6 Å². The van der Waals surface area contributed by atoms with Gasteiger partial charge < -0.3 is 10.6 Å². The van der Waals surface area contributed by atoms with Crippen molar-refractivity contribution in [1.82, 2.24) is 10.6 Å². The van der Waals surface area contributed by atoms with Gasteiger partial charge in [0.25, 0.3) is 0 Å². The lowest BCUT2D eigenvalue weighted by atomic mass is 9.94. The van der Waals surface area contributed by atoms with Crippen molar-refractivity contribution in [2.24, 2.45) is 0 Å². The molecule has 0 saturated carbocycles. The lowest BCUT2D eigenvalue weighted by molar-refractivity contribution is -0.123. The summed E-state index contributed by atoms with van der Waals surface area (Å²) in [5, 5.41) is 6.00. The van der Waals surface area contributed by atoms with Crippen molar-refractivity contribution in [3.63, 3.8) is 0 Å². The number of hydrogen-bond donors (Lipinski definition) is 2. The maximum atomic E-state index is 12.2. The molecule has 1 aromatic rings. The van der Waals surface area contributed by atoms with E-state index in [-0.39, 0.29) is 17.7 Å². The number of fused-ring (bicyclic) bond motifs is 1. The molecule has 0 bridgehead atoms. The Kier molecular flexibility index (Phi) is 4.77. The zero-order valence-electron chi connectivity index (χ0n) is 11.6. The molecule has 1 aliphatic rings. The Bertz CT molecular complexity index is 584. The summed E-state index contributed by atoms with van der Waals surface area (Å²) in [5.74, 6) is 0.00718. The molecule has 110 valence electrons. The van der Waals surface area contributed by atoms with Gasteiger partial charge in [-0.05, 0) is 24.0 Å². The molecule has 0 spiro atoms. The van der Waals surface area contributed by atoms with Gasteiger partial charge in [-0.25, -0.2) is 8.42 Å². The Hall–Kier alpha value is -1.40. The maximum Gasteiger partial charge on any atom is 0.241 e. The van der Waals surface area contributed by atoms with E-state index in [1.165, 1.54) is 11.8 Å². The molecular formula is C14H20N2O3S. The van der Waals surface area contributed by atoms with Crippen LogP contribution in [0.15, 0.2) is 24.3 Å². The summed E-state index contributed by atoms with van der Waals surface area (Å²) in [6.07, 6.45) is 2.57. The standard InChI is InChI=1S/C14H20N2O3S/c1-20(18,19)10-4-8-16-14(17)13-12-6-3-2-5-11(12)7-9-15-13/h2-3,5-6,13,15H,4,7-10H2,1H3,(H,16,17).